The highest BCUT2D eigenvalue weighted by Gasteiger charge is 1.96. The lowest BCUT2D eigenvalue weighted by Gasteiger charge is -2.06. The predicted octanol–water partition coefficient (Wildman–Crippen LogP) is 3.01. The number of nitrogens with one attached hydrogen (secondary N) is 1. The van der Waals surface area contributed by atoms with Crippen LogP contribution in [0.5, 0.6) is 5.75 Å². The van der Waals surface area contributed by atoms with E-state index in [0.29, 0.717) is 12.5 Å². The highest BCUT2D eigenvalue weighted by molar-refractivity contribution is 14.0. The largest absolute Gasteiger partial charge is 0.497 e. The fourth-order valence-electron chi connectivity index (χ4n) is 1.31. The molecular formula is C13H20IN3O. The zero-order valence-electron chi connectivity index (χ0n) is 10.7. The summed E-state index contributed by atoms with van der Waals surface area (Å²) >= 11 is 0. The van der Waals surface area contributed by atoms with Crippen molar-refractivity contribution in [3.8, 4) is 5.75 Å². The van der Waals surface area contributed by atoms with Crippen LogP contribution in [0.3, 0.4) is 0 Å². The summed E-state index contributed by atoms with van der Waals surface area (Å²) in [5.41, 5.74) is 6.63. The second kappa shape index (κ2) is 9.76. The van der Waals surface area contributed by atoms with Gasteiger partial charge in [-0.3, -0.25) is 4.99 Å². The summed E-state index contributed by atoms with van der Waals surface area (Å²) < 4.78 is 5.12. The molecule has 5 heteroatoms. The fourth-order valence-corrected chi connectivity index (χ4v) is 1.31. The van der Waals surface area contributed by atoms with Gasteiger partial charge in [0.25, 0.3) is 0 Å². The molecule has 0 radical (unpaired) electrons. The second-order valence-corrected chi connectivity index (χ2v) is 3.48. The van der Waals surface area contributed by atoms with Crippen LogP contribution in [-0.4, -0.2) is 19.6 Å². The van der Waals surface area contributed by atoms with Crippen molar-refractivity contribution in [3.05, 3.63) is 36.4 Å². The summed E-state index contributed by atoms with van der Waals surface area (Å²) in [7, 11) is 1.63. The van der Waals surface area contributed by atoms with E-state index < -0.39 is 0 Å². The number of methoxy groups -OCH3 is 1. The van der Waals surface area contributed by atoms with Gasteiger partial charge in [0.05, 0.1) is 7.11 Å². The highest BCUT2D eigenvalue weighted by Crippen LogP contribution is 2.16. The molecule has 1 aromatic rings. The van der Waals surface area contributed by atoms with Crippen LogP contribution < -0.4 is 15.8 Å². The van der Waals surface area contributed by atoms with Gasteiger partial charge in [0.2, 0.25) is 0 Å². The Hall–Kier alpha value is -1.24. The van der Waals surface area contributed by atoms with Gasteiger partial charge in [0.1, 0.15) is 5.75 Å². The minimum Gasteiger partial charge on any atom is -0.497 e. The number of benzene rings is 1. The van der Waals surface area contributed by atoms with Gasteiger partial charge in [-0.25, -0.2) is 0 Å². The molecule has 0 aliphatic carbocycles. The zero-order valence-corrected chi connectivity index (χ0v) is 13.0. The highest BCUT2D eigenvalue weighted by atomic mass is 127. The first-order chi connectivity index (χ1) is 8.26. The molecule has 4 nitrogen and oxygen atoms in total. The summed E-state index contributed by atoms with van der Waals surface area (Å²) in [6.07, 6.45) is 4.96. The normalized spacial score (nSPS) is 11.1. The number of hydrogen-bond donors (Lipinski definition) is 2. The van der Waals surface area contributed by atoms with Crippen LogP contribution in [0.1, 0.15) is 13.3 Å². The van der Waals surface area contributed by atoms with Crippen molar-refractivity contribution >= 4 is 35.6 Å². The van der Waals surface area contributed by atoms with Gasteiger partial charge in [-0.15, -0.1) is 24.0 Å². The van der Waals surface area contributed by atoms with Crippen LogP contribution in [-0.2, 0) is 0 Å². The van der Waals surface area contributed by atoms with Gasteiger partial charge >= 0.3 is 0 Å². The molecule has 0 saturated carbocycles. The molecule has 1 aromatic carbocycles. The van der Waals surface area contributed by atoms with Gasteiger partial charge in [-0.2, -0.15) is 0 Å². The molecule has 0 unspecified atom stereocenters. The van der Waals surface area contributed by atoms with Crippen molar-refractivity contribution in [2.24, 2.45) is 10.7 Å². The van der Waals surface area contributed by atoms with Crippen molar-refractivity contribution < 1.29 is 4.74 Å². The molecule has 3 N–H and O–H groups in total. The minimum absolute atomic E-state index is 0. The van der Waals surface area contributed by atoms with Crippen molar-refractivity contribution in [2.45, 2.75) is 13.3 Å². The van der Waals surface area contributed by atoms with E-state index in [-0.39, 0.29) is 24.0 Å². The van der Waals surface area contributed by atoms with E-state index >= 15 is 0 Å². The van der Waals surface area contributed by atoms with Gasteiger partial charge in [-0.05, 0) is 25.5 Å². The Bertz CT molecular complexity index is 405. The number of aliphatic imine (C=N–C) groups is 1. The molecule has 100 valence electrons. The maximum atomic E-state index is 5.75. The Morgan fingerprint density at radius 2 is 2.28 bits per heavy atom. The third-order valence-corrected chi connectivity index (χ3v) is 2.16. The molecule has 0 heterocycles. The number of anilines is 1. The topological polar surface area (TPSA) is 59.6 Å². The molecule has 0 saturated heterocycles. The van der Waals surface area contributed by atoms with Gasteiger partial charge in [0, 0.05) is 18.3 Å². The molecule has 0 amide bonds. The maximum absolute atomic E-state index is 5.75. The van der Waals surface area contributed by atoms with E-state index in [4.69, 9.17) is 10.5 Å². The molecule has 0 fully saturated rings. The van der Waals surface area contributed by atoms with Gasteiger partial charge in [-0.1, -0.05) is 18.2 Å². The second-order valence-electron chi connectivity index (χ2n) is 3.48. The number of hydrogen-bond acceptors (Lipinski definition) is 2. The van der Waals surface area contributed by atoms with Crippen LogP contribution in [0.2, 0.25) is 0 Å². The monoisotopic (exact) mass is 361 g/mol. The summed E-state index contributed by atoms with van der Waals surface area (Å²) in [5.74, 6) is 1.21. The molecule has 18 heavy (non-hydrogen) atoms. The Balaban J connectivity index is 0.00000289. The summed E-state index contributed by atoms with van der Waals surface area (Å²) in [6, 6.07) is 7.56. The first kappa shape index (κ1) is 16.8. The average Bonchev–Trinajstić information content (AvgIpc) is 2.35. The number of ether oxygens (including phenoxy) is 1. The van der Waals surface area contributed by atoms with Crippen LogP contribution in [0.4, 0.5) is 5.69 Å². The number of rotatable bonds is 5. The van der Waals surface area contributed by atoms with Crippen molar-refractivity contribution in [3.63, 3.8) is 0 Å². The Morgan fingerprint density at radius 3 is 2.94 bits per heavy atom. The Morgan fingerprint density at radius 1 is 1.50 bits per heavy atom. The van der Waals surface area contributed by atoms with Gasteiger partial charge < -0.3 is 15.8 Å². The molecule has 1 rings (SSSR count). The average molecular weight is 361 g/mol. The SMILES string of the molecule is C/C=C/CCN=C(N)Nc1cccc(OC)c1.I. The first-order valence-corrected chi connectivity index (χ1v) is 5.58. The van der Waals surface area contributed by atoms with Crippen LogP contribution in [0.25, 0.3) is 0 Å². The zero-order chi connectivity index (χ0) is 12.5. The molecule has 0 aromatic heterocycles. The van der Waals surface area contributed by atoms with Crippen LogP contribution in [0.15, 0.2) is 41.4 Å². The third-order valence-electron chi connectivity index (χ3n) is 2.16. The standard InChI is InChI=1S/C13H19N3O.HI/c1-3-4-5-9-15-13(14)16-11-7-6-8-12(10-11)17-2;/h3-4,6-8,10H,5,9H2,1-2H3,(H3,14,15,16);1H/b4-3+;. The van der Waals surface area contributed by atoms with Crippen molar-refractivity contribution in [1.82, 2.24) is 0 Å². The van der Waals surface area contributed by atoms with E-state index in [1.807, 2.05) is 37.3 Å². The number of nitrogens with two attached hydrogens (primary N) is 1. The summed E-state index contributed by atoms with van der Waals surface area (Å²) in [4.78, 5) is 4.20. The summed E-state index contributed by atoms with van der Waals surface area (Å²) in [5, 5.41) is 3.02. The van der Waals surface area contributed by atoms with E-state index in [2.05, 4.69) is 16.4 Å². The lowest BCUT2D eigenvalue weighted by atomic mass is 10.3. The smallest absolute Gasteiger partial charge is 0.193 e. The van der Waals surface area contributed by atoms with E-state index in [1.54, 1.807) is 7.11 Å². The fraction of sp³-hybridized carbons (Fsp3) is 0.308. The Kier molecular flexibility index (Phi) is 9.08. The number of allylic oxidation sites excluding steroid dienone is 1. The van der Waals surface area contributed by atoms with E-state index in [1.165, 1.54) is 0 Å². The number of nitrogens with zero attached hydrogens (tertiary/aromatic N) is 1. The molecule has 0 aliphatic heterocycles. The molecule has 0 bridgehead atoms. The maximum Gasteiger partial charge on any atom is 0.193 e. The molecular weight excluding hydrogens is 341 g/mol. The van der Waals surface area contributed by atoms with Crippen LogP contribution in [0, 0.1) is 0 Å². The van der Waals surface area contributed by atoms with E-state index in [0.717, 1.165) is 17.9 Å². The minimum atomic E-state index is 0. The van der Waals surface area contributed by atoms with Gasteiger partial charge in [0.15, 0.2) is 5.96 Å². The molecule has 0 atom stereocenters. The van der Waals surface area contributed by atoms with E-state index in [9.17, 15) is 0 Å². The lowest BCUT2D eigenvalue weighted by molar-refractivity contribution is 0.415. The quantitative estimate of drug-likeness (QED) is 0.279. The molecule has 0 spiro atoms. The lowest BCUT2D eigenvalue weighted by Crippen LogP contribution is -2.22. The van der Waals surface area contributed by atoms with Crippen LogP contribution >= 0.6 is 24.0 Å². The number of halogens is 1. The molecule has 0 aliphatic rings. The summed E-state index contributed by atoms with van der Waals surface area (Å²) in [6.45, 7) is 2.68. The third kappa shape index (κ3) is 6.48. The first-order valence-electron chi connectivity index (χ1n) is 5.58. The number of guanidine groups is 1. The predicted molar refractivity (Wildman–Crippen MR) is 88.0 cm³/mol. The Labute approximate surface area is 125 Å². The van der Waals surface area contributed by atoms with Crippen molar-refractivity contribution in [1.29, 1.82) is 0 Å². The van der Waals surface area contributed by atoms with Crippen molar-refractivity contribution in [2.75, 3.05) is 19.0 Å².